The fourth-order valence-electron chi connectivity index (χ4n) is 2.09. The molecule has 1 heterocycles. The van der Waals surface area contributed by atoms with E-state index >= 15 is 0 Å². The van der Waals surface area contributed by atoms with Crippen LogP contribution < -0.4 is 5.32 Å². The molecule has 0 fully saturated rings. The minimum absolute atomic E-state index is 0.127. The van der Waals surface area contributed by atoms with E-state index in [1.165, 1.54) is 26.7 Å². The topological polar surface area (TPSA) is 12.0 Å². The Kier molecular flexibility index (Phi) is 2.63. The zero-order valence-electron chi connectivity index (χ0n) is 10.9. The number of hydrogen-bond donors (Lipinski definition) is 1. The highest BCUT2D eigenvalue weighted by molar-refractivity contribution is 8.03. The van der Waals surface area contributed by atoms with Gasteiger partial charge in [-0.05, 0) is 36.8 Å². The summed E-state index contributed by atoms with van der Waals surface area (Å²) in [5.41, 5.74) is 3.85. The van der Waals surface area contributed by atoms with Gasteiger partial charge in [0.05, 0.1) is 11.4 Å². The summed E-state index contributed by atoms with van der Waals surface area (Å²) in [7, 11) is 0. The molecule has 3 rings (SSSR count). The second-order valence-corrected chi connectivity index (χ2v) is 6.58. The minimum atomic E-state index is 0.127. The van der Waals surface area contributed by atoms with Gasteiger partial charge in [0.25, 0.3) is 0 Å². The second kappa shape index (κ2) is 4.06. The van der Waals surface area contributed by atoms with E-state index in [2.05, 4.69) is 68.6 Å². The van der Waals surface area contributed by atoms with E-state index < -0.39 is 0 Å². The molecule has 1 N–H and O–H groups in total. The molecule has 1 nitrogen and oxygen atoms in total. The summed E-state index contributed by atoms with van der Waals surface area (Å²) in [6, 6.07) is 6.55. The molecule has 1 aliphatic heterocycles. The van der Waals surface area contributed by atoms with Crippen molar-refractivity contribution in [3.05, 3.63) is 58.7 Å². The minimum Gasteiger partial charge on any atom is -0.354 e. The Hall–Kier alpha value is -1.41. The summed E-state index contributed by atoms with van der Waals surface area (Å²) in [5.74, 6) is 0. The standard InChI is InChI=1S/C16H17NS/c1-11-4-5-12-15(10-11)18-14-7-9-16(2,3)8-6-13(14)17-12/h4-10,17H,1-3H3. The number of benzene rings is 1. The molecule has 0 amide bonds. The van der Waals surface area contributed by atoms with Crippen LogP contribution in [0.25, 0.3) is 0 Å². The summed E-state index contributed by atoms with van der Waals surface area (Å²) < 4.78 is 0. The normalized spacial score (nSPS) is 19.9. The first kappa shape index (κ1) is 11.7. The molecule has 0 bridgehead atoms. The third-order valence-electron chi connectivity index (χ3n) is 3.24. The van der Waals surface area contributed by atoms with Crippen molar-refractivity contribution in [3.8, 4) is 0 Å². The Bertz CT molecular complexity index is 591. The molecule has 18 heavy (non-hydrogen) atoms. The molecule has 0 saturated carbocycles. The molecule has 0 atom stereocenters. The Labute approximate surface area is 113 Å². The van der Waals surface area contributed by atoms with Gasteiger partial charge < -0.3 is 5.32 Å². The fraction of sp³-hybridized carbons (Fsp3) is 0.250. The van der Waals surface area contributed by atoms with Crippen molar-refractivity contribution < 1.29 is 0 Å². The van der Waals surface area contributed by atoms with Crippen LogP contribution in [0.5, 0.6) is 0 Å². The highest BCUT2D eigenvalue weighted by Gasteiger charge is 2.19. The zero-order valence-corrected chi connectivity index (χ0v) is 11.8. The Balaban J connectivity index is 2.01. The van der Waals surface area contributed by atoms with Crippen molar-refractivity contribution in [2.45, 2.75) is 25.7 Å². The smallest absolute Gasteiger partial charge is 0.0526 e. The summed E-state index contributed by atoms with van der Waals surface area (Å²) in [6.07, 6.45) is 8.95. The first-order chi connectivity index (χ1) is 8.53. The van der Waals surface area contributed by atoms with E-state index in [1.807, 2.05) is 11.8 Å². The summed E-state index contributed by atoms with van der Waals surface area (Å²) >= 11 is 1.85. The number of rotatable bonds is 0. The maximum Gasteiger partial charge on any atom is 0.0526 e. The van der Waals surface area contributed by atoms with Crippen molar-refractivity contribution in [2.24, 2.45) is 5.41 Å². The Morgan fingerprint density at radius 2 is 1.89 bits per heavy atom. The fourth-order valence-corrected chi connectivity index (χ4v) is 3.17. The van der Waals surface area contributed by atoms with Gasteiger partial charge in [0.2, 0.25) is 0 Å². The van der Waals surface area contributed by atoms with Gasteiger partial charge in [0.1, 0.15) is 0 Å². The Morgan fingerprint density at radius 3 is 2.72 bits per heavy atom. The van der Waals surface area contributed by atoms with Crippen LogP contribution in [0.15, 0.2) is 58.0 Å². The summed E-state index contributed by atoms with van der Waals surface area (Å²) in [6.45, 7) is 6.58. The lowest BCUT2D eigenvalue weighted by Gasteiger charge is -2.20. The average Bonchev–Trinajstić information content (AvgIpc) is 2.47. The number of allylic oxidation sites excluding steroid dienone is 4. The molecule has 2 heteroatoms. The molecule has 0 spiro atoms. The van der Waals surface area contributed by atoms with Gasteiger partial charge in [-0.15, -0.1) is 0 Å². The van der Waals surface area contributed by atoms with Gasteiger partial charge in [0, 0.05) is 15.2 Å². The summed E-state index contributed by atoms with van der Waals surface area (Å²) in [4.78, 5) is 2.61. The van der Waals surface area contributed by atoms with Gasteiger partial charge in [-0.1, -0.05) is 43.8 Å². The van der Waals surface area contributed by atoms with E-state index in [1.54, 1.807) is 0 Å². The van der Waals surface area contributed by atoms with Crippen LogP contribution in [0.3, 0.4) is 0 Å². The molecule has 2 aliphatic rings. The molecule has 0 aromatic heterocycles. The maximum atomic E-state index is 3.52. The van der Waals surface area contributed by atoms with Crippen molar-refractivity contribution in [1.29, 1.82) is 0 Å². The van der Waals surface area contributed by atoms with Gasteiger partial charge >= 0.3 is 0 Å². The third kappa shape index (κ3) is 2.13. The zero-order chi connectivity index (χ0) is 12.8. The first-order valence-electron chi connectivity index (χ1n) is 6.22. The van der Waals surface area contributed by atoms with E-state index in [4.69, 9.17) is 0 Å². The van der Waals surface area contributed by atoms with Gasteiger partial charge in [-0.2, -0.15) is 0 Å². The largest absolute Gasteiger partial charge is 0.354 e. The number of thioether (sulfide) groups is 1. The lowest BCUT2D eigenvalue weighted by molar-refractivity contribution is 0.627. The quantitative estimate of drug-likeness (QED) is 0.709. The maximum absolute atomic E-state index is 3.52. The van der Waals surface area contributed by atoms with Crippen LogP contribution in [0, 0.1) is 12.3 Å². The number of anilines is 1. The van der Waals surface area contributed by atoms with Crippen LogP contribution in [0.1, 0.15) is 19.4 Å². The number of nitrogens with one attached hydrogen (secondary N) is 1. The SMILES string of the molecule is Cc1ccc2c(c1)SC1=C(C=CC(C)(C)C=C1)N2. The molecule has 1 aromatic rings. The van der Waals surface area contributed by atoms with Crippen molar-refractivity contribution in [1.82, 2.24) is 0 Å². The molecule has 0 unspecified atom stereocenters. The van der Waals surface area contributed by atoms with Crippen LogP contribution in [0.4, 0.5) is 5.69 Å². The average molecular weight is 255 g/mol. The first-order valence-corrected chi connectivity index (χ1v) is 7.03. The molecule has 1 aliphatic carbocycles. The van der Waals surface area contributed by atoms with Crippen LogP contribution in [-0.2, 0) is 0 Å². The monoisotopic (exact) mass is 255 g/mol. The number of aryl methyl sites for hydroxylation is 1. The van der Waals surface area contributed by atoms with E-state index in [-0.39, 0.29) is 5.41 Å². The molecule has 92 valence electrons. The van der Waals surface area contributed by atoms with Crippen molar-refractivity contribution in [2.75, 3.05) is 5.32 Å². The predicted molar refractivity (Wildman–Crippen MR) is 79.7 cm³/mol. The van der Waals surface area contributed by atoms with Gasteiger partial charge in [-0.3, -0.25) is 0 Å². The van der Waals surface area contributed by atoms with Gasteiger partial charge in [-0.25, -0.2) is 0 Å². The predicted octanol–water partition coefficient (Wildman–Crippen LogP) is 4.88. The number of fused-ring (bicyclic) bond motifs is 1. The molecular weight excluding hydrogens is 238 g/mol. The third-order valence-corrected chi connectivity index (χ3v) is 4.37. The van der Waals surface area contributed by atoms with E-state index in [0.29, 0.717) is 0 Å². The van der Waals surface area contributed by atoms with E-state index in [0.717, 1.165) is 0 Å². The van der Waals surface area contributed by atoms with Crippen molar-refractivity contribution >= 4 is 17.4 Å². The van der Waals surface area contributed by atoms with Gasteiger partial charge in [0.15, 0.2) is 0 Å². The molecule has 1 aromatic carbocycles. The molecular formula is C16H17NS. The lowest BCUT2D eigenvalue weighted by atomic mass is 9.93. The van der Waals surface area contributed by atoms with Crippen LogP contribution >= 0.6 is 11.8 Å². The Morgan fingerprint density at radius 1 is 1.11 bits per heavy atom. The highest BCUT2D eigenvalue weighted by atomic mass is 32.2. The number of hydrogen-bond acceptors (Lipinski definition) is 2. The molecule has 0 radical (unpaired) electrons. The van der Waals surface area contributed by atoms with Crippen LogP contribution in [0.2, 0.25) is 0 Å². The van der Waals surface area contributed by atoms with Crippen molar-refractivity contribution in [3.63, 3.8) is 0 Å². The second-order valence-electron chi connectivity index (χ2n) is 5.49. The lowest BCUT2D eigenvalue weighted by Crippen LogP contribution is -2.05. The van der Waals surface area contributed by atoms with E-state index in [9.17, 15) is 0 Å². The van der Waals surface area contributed by atoms with Crippen LogP contribution in [-0.4, -0.2) is 0 Å². The highest BCUT2D eigenvalue weighted by Crippen LogP contribution is 2.42. The molecule has 0 saturated heterocycles. The summed E-state index contributed by atoms with van der Waals surface area (Å²) in [5, 5.41) is 3.52.